The second-order valence-electron chi connectivity index (χ2n) is 4.56. The molecule has 1 unspecified atom stereocenters. The van der Waals surface area contributed by atoms with Crippen LogP contribution in [0.4, 0.5) is 4.79 Å². The Labute approximate surface area is 109 Å². The van der Waals surface area contributed by atoms with Crippen LogP contribution in [0.3, 0.4) is 0 Å². The topological polar surface area (TPSA) is 91.3 Å². The van der Waals surface area contributed by atoms with Crippen molar-refractivity contribution >= 4 is 23.3 Å². The van der Waals surface area contributed by atoms with E-state index in [1.54, 1.807) is 13.1 Å². The van der Waals surface area contributed by atoms with Crippen molar-refractivity contribution in [1.82, 2.24) is 15.6 Å². The molecule has 1 heterocycles. The molecule has 0 saturated heterocycles. The molecule has 0 spiro atoms. The van der Waals surface area contributed by atoms with Crippen LogP contribution in [0.2, 0.25) is 0 Å². The largest absolute Gasteiger partial charge is 0.480 e. The third kappa shape index (κ3) is 3.69. The summed E-state index contributed by atoms with van der Waals surface area (Å²) in [4.78, 5) is 27.7. The maximum Gasteiger partial charge on any atom is 0.328 e. The van der Waals surface area contributed by atoms with E-state index in [1.807, 2.05) is 6.92 Å². The number of aliphatic carboxylic acids is 1. The Morgan fingerprint density at radius 3 is 2.56 bits per heavy atom. The smallest absolute Gasteiger partial charge is 0.328 e. The molecular weight excluding hydrogens is 254 g/mol. The normalized spacial score (nSPS) is 12.9. The number of carboxylic acids is 1. The van der Waals surface area contributed by atoms with E-state index in [9.17, 15) is 9.59 Å². The van der Waals surface area contributed by atoms with E-state index in [1.165, 1.54) is 25.2 Å². The molecule has 100 valence electrons. The minimum Gasteiger partial charge on any atom is -0.480 e. The maximum atomic E-state index is 11.6. The lowest BCUT2D eigenvalue weighted by Crippen LogP contribution is -2.53. The van der Waals surface area contributed by atoms with Crippen LogP contribution in [-0.2, 0) is 4.79 Å². The average Bonchev–Trinajstić information content (AvgIpc) is 2.63. The summed E-state index contributed by atoms with van der Waals surface area (Å²) in [5.74, 6) is -1.09. The Bertz CT molecular complexity index is 456. The molecule has 1 aromatic rings. The summed E-state index contributed by atoms with van der Waals surface area (Å²) in [5.41, 5.74) is -1.30. The van der Waals surface area contributed by atoms with Crippen LogP contribution in [0.25, 0.3) is 0 Å². The first-order chi connectivity index (χ1) is 8.22. The summed E-state index contributed by atoms with van der Waals surface area (Å²) < 4.78 is 0. The highest BCUT2D eigenvalue weighted by atomic mass is 32.1. The molecule has 7 heteroatoms. The van der Waals surface area contributed by atoms with Gasteiger partial charge in [-0.15, -0.1) is 11.3 Å². The lowest BCUT2D eigenvalue weighted by Gasteiger charge is -2.22. The van der Waals surface area contributed by atoms with Crippen LogP contribution in [0.15, 0.2) is 6.20 Å². The van der Waals surface area contributed by atoms with Crippen molar-refractivity contribution in [3.05, 3.63) is 16.1 Å². The Kier molecular flexibility index (Phi) is 4.28. The zero-order valence-electron chi connectivity index (χ0n) is 10.8. The lowest BCUT2D eigenvalue weighted by atomic mass is 10.1. The second kappa shape index (κ2) is 5.34. The molecule has 3 N–H and O–H groups in total. The van der Waals surface area contributed by atoms with E-state index < -0.39 is 17.5 Å². The van der Waals surface area contributed by atoms with Gasteiger partial charge in [0.05, 0.1) is 6.04 Å². The van der Waals surface area contributed by atoms with Gasteiger partial charge in [-0.2, -0.15) is 0 Å². The van der Waals surface area contributed by atoms with Crippen LogP contribution in [0.1, 0.15) is 36.7 Å². The molecule has 1 rings (SSSR count). The number of rotatable bonds is 4. The molecule has 0 aromatic carbocycles. The van der Waals surface area contributed by atoms with Gasteiger partial charge in [0.25, 0.3) is 0 Å². The molecule has 0 aliphatic rings. The predicted molar refractivity (Wildman–Crippen MR) is 68.6 cm³/mol. The van der Waals surface area contributed by atoms with Crippen molar-refractivity contribution in [3.63, 3.8) is 0 Å². The van der Waals surface area contributed by atoms with Crippen molar-refractivity contribution in [2.75, 3.05) is 0 Å². The third-order valence-electron chi connectivity index (χ3n) is 2.32. The van der Waals surface area contributed by atoms with E-state index in [-0.39, 0.29) is 6.04 Å². The molecule has 18 heavy (non-hydrogen) atoms. The van der Waals surface area contributed by atoms with Crippen LogP contribution in [0.5, 0.6) is 0 Å². The number of urea groups is 1. The number of nitrogens with zero attached hydrogens (tertiary/aromatic N) is 1. The molecule has 0 saturated carbocycles. The van der Waals surface area contributed by atoms with Crippen LogP contribution in [0, 0.1) is 6.92 Å². The minimum atomic E-state index is -1.30. The number of carbonyl (C=O) groups is 2. The Morgan fingerprint density at radius 2 is 2.11 bits per heavy atom. The number of aromatic nitrogens is 1. The van der Waals surface area contributed by atoms with Crippen LogP contribution in [-0.4, -0.2) is 27.6 Å². The third-order valence-corrected chi connectivity index (χ3v) is 3.41. The van der Waals surface area contributed by atoms with E-state index in [2.05, 4.69) is 15.6 Å². The highest BCUT2D eigenvalue weighted by Crippen LogP contribution is 2.18. The molecule has 0 aliphatic carbocycles. The van der Waals surface area contributed by atoms with Crippen LogP contribution >= 0.6 is 11.3 Å². The van der Waals surface area contributed by atoms with Gasteiger partial charge in [0.1, 0.15) is 10.5 Å². The molecule has 2 amide bonds. The molecule has 0 radical (unpaired) electrons. The second-order valence-corrected chi connectivity index (χ2v) is 5.83. The zero-order chi connectivity index (χ0) is 13.9. The number of carbonyl (C=O) groups excluding carboxylic acids is 1. The summed E-state index contributed by atoms with van der Waals surface area (Å²) in [6.07, 6.45) is 1.73. The van der Waals surface area contributed by atoms with Gasteiger partial charge in [-0.05, 0) is 27.7 Å². The first-order valence-electron chi connectivity index (χ1n) is 5.47. The molecule has 0 bridgehead atoms. The number of hydrogen-bond donors (Lipinski definition) is 3. The number of amides is 2. The first kappa shape index (κ1) is 14.4. The first-order valence-corrected chi connectivity index (χ1v) is 6.28. The van der Waals surface area contributed by atoms with Crippen LogP contribution < -0.4 is 10.6 Å². The highest BCUT2D eigenvalue weighted by molar-refractivity contribution is 7.11. The number of carboxylic acid groups (broad SMARTS) is 1. The molecule has 1 atom stereocenters. The monoisotopic (exact) mass is 271 g/mol. The summed E-state index contributed by atoms with van der Waals surface area (Å²) in [6.45, 7) is 6.58. The van der Waals surface area contributed by atoms with Gasteiger partial charge in [-0.1, -0.05) is 0 Å². The van der Waals surface area contributed by atoms with Crippen molar-refractivity contribution < 1.29 is 14.7 Å². The summed E-state index contributed by atoms with van der Waals surface area (Å²) in [5, 5.41) is 14.7. The van der Waals surface area contributed by atoms with Gasteiger partial charge in [-0.3, -0.25) is 0 Å². The van der Waals surface area contributed by atoms with Gasteiger partial charge in [0, 0.05) is 11.1 Å². The SMILES string of the molecule is Cc1cnc(C(C)NC(=O)NC(C)(C)C(=O)O)s1. The number of nitrogens with one attached hydrogen (secondary N) is 2. The zero-order valence-corrected chi connectivity index (χ0v) is 11.6. The summed E-state index contributed by atoms with van der Waals surface area (Å²) >= 11 is 1.49. The van der Waals surface area contributed by atoms with Crippen molar-refractivity contribution in [2.45, 2.75) is 39.3 Å². The highest BCUT2D eigenvalue weighted by Gasteiger charge is 2.29. The van der Waals surface area contributed by atoms with E-state index >= 15 is 0 Å². The van der Waals surface area contributed by atoms with Gasteiger partial charge < -0.3 is 15.7 Å². The number of hydrogen-bond acceptors (Lipinski definition) is 4. The fourth-order valence-electron chi connectivity index (χ4n) is 1.20. The maximum absolute atomic E-state index is 11.6. The van der Waals surface area contributed by atoms with Crippen molar-refractivity contribution in [1.29, 1.82) is 0 Å². The molecule has 6 nitrogen and oxygen atoms in total. The van der Waals surface area contributed by atoms with Gasteiger partial charge in [0.15, 0.2) is 0 Å². The predicted octanol–water partition coefficient (Wildman–Crippen LogP) is 1.67. The Balaban J connectivity index is 2.58. The lowest BCUT2D eigenvalue weighted by molar-refractivity contribution is -0.142. The Morgan fingerprint density at radius 1 is 1.50 bits per heavy atom. The van der Waals surface area contributed by atoms with Crippen molar-refractivity contribution in [2.24, 2.45) is 0 Å². The Hall–Kier alpha value is -1.63. The standard InChI is InChI=1S/C11H17N3O3S/c1-6-5-12-8(18-6)7(2)13-10(17)14-11(3,4)9(15)16/h5,7H,1-4H3,(H,15,16)(H2,13,14,17). The number of thiazole rings is 1. The van der Waals surface area contributed by atoms with E-state index in [4.69, 9.17) is 5.11 Å². The van der Waals surface area contributed by atoms with E-state index in [0.717, 1.165) is 9.88 Å². The fourth-order valence-corrected chi connectivity index (χ4v) is 1.98. The quantitative estimate of drug-likeness (QED) is 0.777. The van der Waals surface area contributed by atoms with Gasteiger partial charge >= 0.3 is 12.0 Å². The summed E-state index contributed by atoms with van der Waals surface area (Å²) in [7, 11) is 0. The van der Waals surface area contributed by atoms with Crippen molar-refractivity contribution in [3.8, 4) is 0 Å². The average molecular weight is 271 g/mol. The molecule has 0 aliphatic heterocycles. The van der Waals surface area contributed by atoms with E-state index in [0.29, 0.717) is 0 Å². The number of aryl methyl sites for hydroxylation is 1. The minimum absolute atomic E-state index is 0.256. The van der Waals surface area contributed by atoms with Gasteiger partial charge in [-0.25, -0.2) is 14.6 Å². The summed E-state index contributed by atoms with van der Waals surface area (Å²) in [6, 6.07) is -0.781. The molecule has 0 fully saturated rings. The van der Waals surface area contributed by atoms with Gasteiger partial charge in [0.2, 0.25) is 0 Å². The molecular formula is C11H17N3O3S. The molecule has 1 aromatic heterocycles. The fraction of sp³-hybridized carbons (Fsp3) is 0.545.